The van der Waals surface area contributed by atoms with E-state index in [0.717, 1.165) is 18.3 Å². The normalized spacial score (nSPS) is 10.3. The summed E-state index contributed by atoms with van der Waals surface area (Å²) in [6.07, 6.45) is 1.03. The van der Waals surface area contributed by atoms with Gasteiger partial charge in [0.2, 0.25) is 5.88 Å². The maximum absolute atomic E-state index is 13.0. The van der Waals surface area contributed by atoms with Crippen LogP contribution in [0.4, 0.5) is 14.5 Å². The monoisotopic (exact) mass is 266 g/mol. The molecule has 1 heterocycles. The predicted molar refractivity (Wildman–Crippen MR) is 62.1 cm³/mol. The predicted octanol–water partition coefficient (Wildman–Crippen LogP) is 3.37. The number of nitro groups is 1. The number of hydrogen-bond donors (Lipinski definition) is 0. The molecular weight excluding hydrogens is 258 g/mol. The van der Waals surface area contributed by atoms with Crippen LogP contribution in [-0.2, 0) is 0 Å². The molecule has 1 aromatic heterocycles. The first kappa shape index (κ1) is 12.9. The third-order valence-corrected chi connectivity index (χ3v) is 2.31. The third-order valence-electron chi connectivity index (χ3n) is 2.31. The molecule has 0 saturated heterocycles. The molecule has 0 fully saturated rings. The van der Waals surface area contributed by atoms with Crippen molar-refractivity contribution >= 4 is 5.69 Å². The minimum Gasteiger partial charge on any atom is -0.439 e. The molecule has 1 aromatic carbocycles. The van der Waals surface area contributed by atoms with Crippen molar-refractivity contribution in [2.45, 2.75) is 6.92 Å². The smallest absolute Gasteiger partial charge is 0.290 e. The van der Waals surface area contributed by atoms with Crippen molar-refractivity contribution in [3.63, 3.8) is 0 Å². The Bertz CT molecular complexity index is 627. The molecule has 5 nitrogen and oxygen atoms in total. The second-order valence-electron chi connectivity index (χ2n) is 3.77. The standard InChI is InChI=1S/C12H8F2N2O3/c1-7-2-12(15-6-11(7)16(17)18)19-10-4-8(13)3-9(14)5-10/h2-6H,1H3. The number of rotatable bonds is 3. The third kappa shape index (κ3) is 3.01. The lowest BCUT2D eigenvalue weighted by Gasteiger charge is -2.05. The van der Waals surface area contributed by atoms with E-state index in [-0.39, 0.29) is 17.3 Å². The van der Waals surface area contributed by atoms with Gasteiger partial charge >= 0.3 is 0 Å². The molecule has 0 aliphatic rings. The number of pyridine rings is 1. The van der Waals surface area contributed by atoms with E-state index < -0.39 is 16.6 Å². The molecule has 0 atom stereocenters. The number of benzene rings is 1. The highest BCUT2D eigenvalue weighted by molar-refractivity contribution is 5.40. The van der Waals surface area contributed by atoms with Crippen molar-refractivity contribution in [1.82, 2.24) is 4.98 Å². The van der Waals surface area contributed by atoms with Crippen LogP contribution in [0.1, 0.15) is 5.56 Å². The van der Waals surface area contributed by atoms with Crippen molar-refractivity contribution in [3.05, 3.63) is 57.8 Å². The van der Waals surface area contributed by atoms with Gasteiger partial charge in [0, 0.05) is 29.8 Å². The van der Waals surface area contributed by atoms with Gasteiger partial charge in [-0.1, -0.05) is 0 Å². The molecule has 19 heavy (non-hydrogen) atoms. The number of hydrogen-bond acceptors (Lipinski definition) is 4. The molecule has 2 rings (SSSR count). The lowest BCUT2D eigenvalue weighted by molar-refractivity contribution is -0.385. The highest BCUT2D eigenvalue weighted by Crippen LogP contribution is 2.25. The molecular formula is C12H8F2N2O3. The fraction of sp³-hybridized carbons (Fsp3) is 0.0833. The molecule has 0 radical (unpaired) electrons. The molecule has 0 saturated carbocycles. The molecule has 0 aliphatic heterocycles. The molecule has 2 aromatic rings. The summed E-state index contributed by atoms with van der Waals surface area (Å²) in [7, 11) is 0. The Morgan fingerprint density at radius 2 is 1.84 bits per heavy atom. The Morgan fingerprint density at radius 1 is 1.21 bits per heavy atom. The highest BCUT2D eigenvalue weighted by Gasteiger charge is 2.12. The van der Waals surface area contributed by atoms with Gasteiger partial charge in [0.1, 0.15) is 23.6 Å². The molecule has 0 spiro atoms. The van der Waals surface area contributed by atoms with Crippen molar-refractivity contribution in [1.29, 1.82) is 0 Å². The zero-order chi connectivity index (χ0) is 14.0. The summed E-state index contributed by atoms with van der Waals surface area (Å²) in [6, 6.07) is 4.01. The van der Waals surface area contributed by atoms with Crippen LogP contribution >= 0.6 is 0 Å². The van der Waals surface area contributed by atoms with Crippen LogP contribution in [0, 0.1) is 28.7 Å². The van der Waals surface area contributed by atoms with E-state index >= 15 is 0 Å². The lowest BCUT2D eigenvalue weighted by atomic mass is 10.2. The van der Waals surface area contributed by atoms with E-state index in [0.29, 0.717) is 11.6 Å². The number of nitrogens with zero attached hydrogens (tertiary/aromatic N) is 2. The Kier molecular flexibility index (Phi) is 3.37. The zero-order valence-electron chi connectivity index (χ0n) is 9.76. The zero-order valence-corrected chi connectivity index (χ0v) is 9.76. The summed E-state index contributed by atoms with van der Waals surface area (Å²) in [4.78, 5) is 13.7. The minimum absolute atomic E-state index is 0.0214. The van der Waals surface area contributed by atoms with E-state index in [1.54, 1.807) is 0 Å². The van der Waals surface area contributed by atoms with Gasteiger partial charge in [-0.3, -0.25) is 10.1 Å². The number of aryl methyl sites for hydroxylation is 1. The van der Waals surface area contributed by atoms with Crippen LogP contribution in [0.5, 0.6) is 11.6 Å². The molecule has 0 N–H and O–H groups in total. The number of aromatic nitrogens is 1. The van der Waals surface area contributed by atoms with Gasteiger partial charge in [-0.15, -0.1) is 0 Å². The first-order chi connectivity index (χ1) is 8.95. The molecule has 0 unspecified atom stereocenters. The first-order valence-corrected chi connectivity index (χ1v) is 5.20. The summed E-state index contributed by atoms with van der Waals surface area (Å²) >= 11 is 0. The SMILES string of the molecule is Cc1cc(Oc2cc(F)cc(F)c2)ncc1[N+](=O)[O-]. The average molecular weight is 266 g/mol. The number of halogens is 2. The van der Waals surface area contributed by atoms with Gasteiger partial charge in [0.05, 0.1) is 4.92 Å². The highest BCUT2D eigenvalue weighted by atomic mass is 19.1. The van der Waals surface area contributed by atoms with Crippen molar-refractivity contribution in [2.75, 3.05) is 0 Å². The lowest BCUT2D eigenvalue weighted by Crippen LogP contribution is -1.95. The second-order valence-corrected chi connectivity index (χ2v) is 3.77. The molecule has 0 bridgehead atoms. The average Bonchev–Trinajstić information content (AvgIpc) is 2.26. The van der Waals surface area contributed by atoms with Crippen LogP contribution in [0.2, 0.25) is 0 Å². The Labute approximate surface area is 106 Å². The van der Waals surface area contributed by atoms with Gasteiger partial charge in [0.25, 0.3) is 5.69 Å². The van der Waals surface area contributed by atoms with Gasteiger partial charge in [0.15, 0.2) is 0 Å². The minimum atomic E-state index is -0.784. The Balaban J connectivity index is 2.28. The maximum atomic E-state index is 13.0. The van der Waals surface area contributed by atoms with Crippen LogP contribution in [0.3, 0.4) is 0 Å². The Morgan fingerprint density at radius 3 is 2.37 bits per heavy atom. The van der Waals surface area contributed by atoms with Crippen LogP contribution < -0.4 is 4.74 Å². The summed E-state index contributed by atoms with van der Waals surface area (Å²) in [6.45, 7) is 1.51. The molecule has 98 valence electrons. The van der Waals surface area contributed by atoms with E-state index in [1.165, 1.54) is 13.0 Å². The molecule has 0 amide bonds. The van der Waals surface area contributed by atoms with Gasteiger partial charge < -0.3 is 4.74 Å². The van der Waals surface area contributed by atoms with Crippen molar-refractivity contribution in [2.24, 2.45) is 0 Å². The van der Waals surface area contributed by atoms with Crippen molar-refractivity contribution in [3.8, 4) is 11.6 Å². The van der Waals surface area contributed by atoms with Crippen molar-refractivity contribution < 1.29 is 18.4 Å². The van der Waals surface area contributed by atoms with Gasteiger partial charge in [-0.25, -0.2) is 13.8 Å². The van der Waals surface area contributed by atoms with Crippen LogP contribution in [0.15, 0.2) is 30.5 Å². The van der Waals surface area contributed by atoms with Crippen LogP contribution in [0.25, 0.3) is 0 Å². The second kappa shape index (κ2) is 4.97. The molecule has 7 heteroatoms. The largest absolute Gasteiger partial charge is 0.439 e. The molecule has 0 aliphatic carbocycles. The fourth-order valence-corrected chi connectivity index (χ4v) is 1.48. The summed E-state index contributed by atoms with van der Waals surface area (Å²) in [5.74, 6) is -1.62. The van der Waals surface area contributed by atoms with Gasteiger partial charge in [-0.05, 0) is 6.92 Å². The fourth-order valence-electron chi connectivity index (χ4n) is 1.48. The van der Waals surface area contributed by atoms with Crippen LogP contribution in [-0.4, -0.2) is 9.91 Å². The number of ether oxygens (including phenoxy) is 1. The van der Waals surface area contributed by atoms with E-state index in [2.05, 4.69) is 4.98 Å². The summed E-state index contributed by atoms with van der Waals surface area (Å²) in [5, 5.41) is 10.6. The topological polar surface area (TPSA) is 65.3 Å². The summed E-state index contributed by atoms with van der Waals surface area (Å²) < 4.78 is 31.0. The van der Waals surface area contributed by atoms with E-state index in [1.807, 2.05) is 0 Å². The first-order valence-electron chi connectivity index (χ1n) is 5.20. The van der Waals surface area contributed by atoms with Gasteiger partial charge in [-0.2, -0.15) is 0 Å². The van der Waals surface area contributed by atoms with E-state index in [4.69, 9.17) is 4.74 Å². The maximum Gasteiger partial charge on any atom is 0.290 e. The Hall–Kier alpha value is -2.57. The van der Waals surface area contributed by atoms with E-state index in [9.17, 15) is 18.9 Å². The summed E-state index contributed by atoms with van der Waals surface area (Å²) in [5.41, 5.74) is 0.185. The quantitative estimate of drug-likeness (QED) is 0.631.